The first-order valence-corrected chi connectivity index (χ1v) is 9.82. The molecule has 25 heavy (non-hydrogen) atoms. The van der Waals surface area contributed by atoms with Gasteiger partial charge in [0, 0.05) is 47.2 Å². The van der Waals surface area contributed by atoms with E-state index in [4.69, 9.17) is 11.6 Å². The predicted molar refractivity (Wildman–Crippen MR) is 104 cm³/mol. The molecular formula is C21H25ClN2O. The van der Waals surface area contributed by atoms with E-state index in [1.54, 1.807) is 0 Å². The molecule has 1 aromatic heterocycles. The Bertz CT molecular complexity index is 801. The van der Waals surface area contributed by atoms with E-state index in [1.807, 2.05) is 23.1 Å². The number of halogens is 1. The largest absolute Gasteiger partial charge is 0.361 e. The molecule has 132 valence electrons. The number of rotatable bonds is 3. The molecule has 0 unspecified atom stereocenters. The molecule has 0 radical (unpaired) electrons. The van der Waals surface area contributed by atoms with Gasteiger partial charge in [-0.3, -0.25) is 4.79 Å². The molecule has 3 nitrogen and oxygen atoms in total. The molecule has 0 bridgehead atoms. The fourth-order valence-electron chi connectivity index (χ4n) is 4.27. The zero-order valence-corrected chi connectivity index (χ0v) is 15.3. The van der Waals surface area contributed by atoms with Gasteiger partial charge in [-0.25, -0.2) is 0 Å². The zero-order valence-electron chi connectivity index (χ0n) is 14.6. The van der Waals surface area contributed by atoms with Crippen molar-refractivity contribution in [2.45, 2.75) is 44.9 Å². The zero-order chi connectivity index (χ0) is 17.2. The summed E-state index contributed by atoms with van der Waals surface area (Å²) in [5.74, 6) is 0.951. The molecule has 1 fully saturated rings. The topological polar surface area (TPSA) is 36.1 Å². The highest BCUT2D eigenvalue weighted by Crippen LogP contribution is 2.32. The smallest absolute Gasteiger partial charge is 0.223 e. The Balaban J connectivity index is 1.44. The van der Waals surface area contributed by atoms with Crippen LogP contribution < -0.4 is 0 Å². The summed E-state index contributed by atoms with van der Waals surface area (Å²) < 4.78 is 0. The third-order valence-corrected chi connectivity index (χ3v) is 5.97. The van der Waals surface area contributed by atoms with Gasteiger partial charge in [0.1, 0.15) is 0 Å². The second-order valence-corrected chi connectivity index (χ2v) is 7.86. The normalized spacial score (nSPS) is 19.2. The van der Waals surface area contributed by atoms with Gasteiger partial charge >= 0.3 is 0 Å². The van der Waals surface area contributed by atoms with Crippen molar-refractivity contribution in [2.24, 2.45) is 5.92 Å². The second-order valence-electron chi connectivity index (χ2n) is 7.42. The molecule has 2 heterocycles. The average molecular weight is 357 g/mol. The van der Waals surface area contributed by atoms with Gasteiger partial charge in [-0.05, 0) is 49.0 Å². The van der Waals surface area contributed by atoms with E-state index in [0.717, 1.165) is 36.5 Å². The minimum Gasteiger partial charge on any atom is -0.361 e. The summed E-state index contributed by atoms with van der Waals surface area (Å²) in [4.78, 5) is 17.9. The summed E-state index contributed by atoms with van der Waals surface area (Å²) in [6.45, 7) is 1.55. The quantitative estimate of drug-likeness (QED) is 0.784. The van der Waals surface area contributed by atoms with E-state index in [1.165, 1.54) is 48.6 Å². The minimum atomic E-state index is 0.337. The highest BCUT2D eigenvalue weighted by atomic mass is 35.5. The number of carbonyl (C=O) groups is 1. The maximum atomic E-state index is 12.6. The Morgan fingerprint density at radius 3 is 2.84 bits per heavy atom. The van der Waals surface area contributed by atoms with Crippen LogP contribution in [0.3, 0.4) is 0 Å². The Hall–Kier alpha value is -1.74. The van der Waals surface area contributed by atoms with Crippen LogP contribution in [0.4, 0.5) is 0 Å². The van der Waals surface area contributed by atoms with Crippen molar-refractivity contribution < 1.29 is 4.79 Å². The van der Waals surface area contributed by atoms with Crippen molar-refractivity contribution in [3.05, 3.63) is 41.1 Å². The monoisotopic (exact) mass is 356 g/mol. The summed E-state index contributed by atoms with van der Waals surface area (Å²) in [5.41, 5.74) is 3.64. The molecule has 0 saturated heterocycles. The average Bonchev–Trinajstić information content (AvgIpc) is 3.05. The molecule has 1 aliphatic carbocycles. The molecule has 1 aliphatic heterocycles. The molecular weight excluding hydrogens is 332 g/mol. The second kappa shape index (κ2) is 7.25. The number of benzene rings is 1. The van der Waals surface area contributed by atoms with Crippen LogP contribution in [0.15, 0.2) is 30.5 Å². The number of hydrogen-bond acceptors (Lipinski definition) is 1. The number of aromatic amines is 1. The van der Waals surface area contributed by atoms with Gasteiger partial charge in [0.25, 0.3) is 0 Å². The van der Waals surface area contributed by atoms with Crippen molar-refractivity contribution in [1.82, 2.24) is 9.88 Å². The van der Waals surface area contributed by atoms with Gasteiger partial charge in [-0.2, -0.15) is 0 Å². The lowest BCUT2D eigenvalue weighted by Gasteiger charge is -2.29. The highest BCUT2D eigenvalue weighted by Gasteiger charge is 2.23. The van der Waals surface area contributed by atoms with Gasteiger partial charge in [0.05, 0.1) is 0 Å². The van der Waals surface area contributed by atoms with Crippen molar-refractivity contribution in [3.63, 3.8) is 0 Å². The molecule has 2 aromatic rings. The molecule has 4 rings (SSSR count). The van der Waals surface area contributed by atoms with Crippen LogP contribution in [0, 0.1) is 5.92 Å². The lowest BCUT2D eigenvalue weighted by molar-refractivity contribution is -0.132. The number of aromatic nitrogens is 1. The number of fused-ring (bicyclic) bond motifs is 1. The van der Waals surface area contributed by atoms with Gasteiger partial charge < -0.3 is 9.88 Å². The first kappa shape index (κ1) is 16.7. The van der Waals surface area contributed by atoms with Crippen molar-refractivity contribution in [3.8, 4) is 0 Å². The van der Waals surface area contributed by atoms with Crippen LogP contribution >= 0.6 is 11.6 Å². The highest BCUT2D eigenvalue weighted by molar-refractivity contribution is 6.31. The van der Waals surface area contributed by atoms with Crippen LogP contribution in [0.25, 0.3) is 16.5 Å². The minimum absolute atomic E-state index is 0.337. The Kier molecular flexibility index (Phi) is 4.85. The van der Waals surface area contributed by atoms with Gasteiger partial charge in [-0.15, -0.1) is 0 Å². The SMILES string of the molecule is O=C(CC1CCCCC1)N1CC=C(c2c[nH]c3ccc(Cl)cc23)CC1. The molecule has 0 spiro atoms. The molecule has 2 aliphatic rings. The third kappa shape index (κ3) is 3.62. The number of nitrogens with zero attached hydrogens (tertiary/aromatic N) is 1. The van der Waals surface area contributed by atoms with E-state index < -0.39 is 0 Å². The maximum Gasteiger partial charge on any atom is 0.223 e. The number of carbonyl (C=O) groups excluding carboxylic acids is 1. The van der Waals surface area contributed by atoms with Gasteiger partial charge in [0.2, 0.25) is 5.91 Å². The standard InChI is InChI=1S/C21H25ClN2O/c22-17-6-7-20-18(13-17)19(14-23-20)16-8-10-24(11-9-16)21(25)12-15-4-2-1-3-5-15/h6-8,13-15,23H,1-5,9-12H2. The summed E-state index contributed by atoms with van der Waals surface area (Å²) in [6, 6.07) is 5.94. The van der Waals surface area contributed by atoms with Crippen LogP contribution in [-0.2, 0) is 4.79 Å². The first-order chi connectivity index (χ1) is 12.2. The fourth-order valence-corrected chi connectivity index (χ4v) is 4.44. The number of amides is 1. The Morgan fingerprint density at radius 2 is 2.08 bits per heavy atom. The van der Waals surface area contributed by atoms with Crippen molar-refractivity contribution in [2.75, 3.05) is 13.1 Å². The van der Waals surface area contributed by atoms with Crippen LogP contribution in [-0.4, -0.2) is 28.9 Å². The van der Waals surface area contributed by atoms with Crippen molar-refractivity contribution >= 4 is 34.0 Å². The molecule has 1 aromatic carbocycles. The van der Waals surface area contributed by atoms with E-state index in [-0.39, 0.29) is 0 Å². The summed E-state index contributed by atoms with van der Waals surface area (Å²) in [7, 11) is 0. The predicted octanol–water partition coefficient (Wildman–Crippen LogP) is 5.41. The van der Waals surface area contributed by atoms with Gasteiger partial charge in [-0.1, -0.05) is 36.9 Å². The van der Waals surface area contributed by atoms with E-state index in [9.17, 15) is 4.79 Å². The van der Waals surface area contributed by atoms with Crippen LogP contribution in [0.2, 0.25) is 5.02 Å². The Morgan fingerprint density at radius 1 is 1.24 bits per heavy atom. The number of hydrogen-bond donors (Lipinski definition) is 1. The van der Waals surface area contributed by atoms with Gasteiger partial charge in [0.15, 0.2) is 0 Å². The Labute approximate surface area is 154 Å². The molecule has 0 atom stereocenters. The van der Waals surface area contributed by atoms with E-state index in [0.29, 0.717) is 11.8 Å². The maximum absolute atomic E-state index is 12.6. The third-order valence-electron chi connectivity index (χ3n) is 5.74. The lowest BCUT2D eigenvalue weighted by Crippen LogP contribution is -2.35. The summed E-state index contributed by atoms with van der Waals surface area (Å²) in [5, 5.41) is 1.93. The van der Waals surface area contributed by atoms with Crippen LogP contribution in [0.5, 0.6) is 0 Å². The molecule has 4 heteroatoms. The lowest BCUT2D eigenvalue weighted by atomic mass is 9.86. The fraction of sp³-hybridized carbons (Fsp3) is 0.476. The number of nitrogens with one attached hydrogen (secondary N) is 1. The molecule has 1 saturated carbocycles. The van der Waals surface area contributed by atoms with E-state index >= 15 is 0 Å². The van der Waals surface area contributed by atoms with Crippen LogP contribution in [0.1, 0.15) is 50.5 Å². The number of H-pyrrole nitrogens is 1. The summed E-state index contributed by atoms with van der Waals surface area (Å²) in [6.07, 6.45) is 12.3. The van der Waals surface area contributed by atoms with Crippen molar-refractivity contribution in [1.29, 1.82) is 0 Å². The summed E-state index contributed by atoms with van der Waals surface area (Å²) >= 11 is 6.16. The molecule has 1 amide bonds. The molecule has 1 N–H and O–H groups in total. The van der Waals surface area contributed by atoms with E-state index in [2.05, 4.69) is 17.3 Å². The first-order valence-electron chi connectivity index (χ1n) is 9.44.